The van der Waals surface area contributed by atoms with Crippen LogP contribution in [0.1, 0.15) is 40.5 Å². The van der Waals surface area contributed by atoms with E-state index in [-0.39, 0.29) is 50.1 Å². The Balaban J connectivity index is 1.52. The number of benzene rings is 1. The summed E-state index contributed by atoms with van der Waals surface area (Å²) in [5.74, 6) is 0.828. The van der Waals surface area contributed by atoms with Gasteiger partial charge in [0.25, 0.3) is 11.5 Å². The molecule has 5 rings (SSSR count). The zero-order chi connectivity index (χ0) is 33.3. The Hall–Kier alpha value is -3.85. The molecule has 1 aromatic carbocycles. The highest BCUT2D eigenvalue weighted by atomic mass is 35.5. The van der Waals surface area contributed by atoms with Gasteiger partial charge in [-0.25, -0.2) is 4.98 Å². The van der Waals surface area contributed by atoms with Crippen LogP contribution in [0.15, 0.2) is 34.8 Å². The van der Waals surface area contributed by atoms with E-state index in [9.17, 15) is 14.9 Å². The van der Waals surface area contributed by atoms with Crippen molar-refractivity contribution in [2.75, 3.05) is 45.7 Å². The Morgan fingerprint density at radius 3 is 2.43 bits per heavy atom. The van der Waals surface area contributed by atoms with E-state index in [4.69, 9.17) is 37.7 Å². The number of pyridine rings is 1. The summed E-state index contributed by atoms with van der Waals surface area (Å²) in [5.41, 5.74) is 0.654. The van der Waals surface area contributed by atoms with Crippen molar-refractivity contribution >= 4 is 46.1 Å². The average molecular weight is 669 g/mol. The average Bonchev–Trinajstić information content (AvgIpc) is 3.44. The number of nitrogens with one attached hydrogen (secondary N) is 1. The zero-order valence-corrected chi connectivity index (χ0v) is 28.5. The molecule has 46 heavy (non-hydrogen) atoms. The molecule has 13 heteroatoms. The number of nitrogens with zero attached hydrogens (tertiary/aromatic N) is 6. The van der Waals surface area contributed by atoms with Crippen molar-refractivity contribution in [1.82, 2.24) is 24.3 Å². The topological polar surface area (TPSA) is 126 Å². The molecule has 4 heterocycles. The van der Waals surface area contributed by atoms with Crippen LogP contribution >= 0.6 is 23.2 Å². The summed E-state index contributed by atoms with van der Waals surface area (Å²) in [7, 11) is 2.97. The van der Waals surface area contributed by atoms with Gasteiger partial charge in [-0.3, -0.25) is 19.1 Å². The molecule has 0 aliphatic carbocycles. The third-order valence-corrected chi connectivity index (χ3v) is 9.12. The molecule has 0 spiro atoms. The molecule has 3 aromatic rings. The van der Waals surface area contributed by atoms with Gasteiger partial charge in [0.2, 0.25) is 5.95 Å². The number of hydrogen-bond acceptors (Lipinski definition) is 9. The molecule has 1 amide bonds. The number of carbonyl (C=O) groups excluding carboxylic acids is 1. The monoisotopic (exact) mass is 667 g/mol. The van der Waals surface area contributed by atoms with Crippen molar-refractivity contribution in [2.45, 2.75) is 59.2 Å². The molecule has 11 nitrogen and oxygen atoms in total. The molecule has 1 N–H and O–H groups in total. The lowest BCUT2D eigenvalue weighted by Gasteiger charge is -2.46. The Morgan fingerprint density at radius 2 is 1.85 bits per heavy atom. The molecule has 2 aliphatic heterocycles. The van der Waals surface area contributed by atoms with Crippen molar-refractivity contribution in [2.24, 2.45) is 5.41 Å². The molecule has 2 saturated heterocycles. The van der Waals surface area contributed by atoms with E-state index in [2.05, 4.69) is 21.3 Å². The lowest BCUT2D eigenvalue weighted by atomic mass is 9.93. The quantitative estimate of drug-likeness (QED) is 0.236. The number of hydrogen-bond donors (Lipinski definition) is 1. The summed E-state index contributed by atoms with van der Waals surface area (Å²) in [6.07, 6.45) is 5.23. The van der Waals surface area contributed by atoms with Gasteiger partial charge in [0, 0.05) is 61.5 Å². The number of carbonyl (C=O) groups is 1. The van der Waals surface area contributed by atoms with E-state index in [0.717, 1.165) is 19.4 Å². The lowest BCUT2D eigenvalue weighted by molar-refractivity contribution is -0.134. The fourth-order valence-corrected chi connectivity index (χ4v) is 6.90. The van der Waals surface area contributed by atoms with Crippen LogP contribution in [0.3, 0.4) is 0 Å². The van der Waals surface area contributed by atoms with Crippen LogP contribution < -0.4 is 20.3 Å². The maximum atomic E-state index is 14.4. The number of fused-ring (bicyclic) bond motifs is 1. The van der Waals surface area contributed by atoms with Gasteiger partial charge in [-0.15, -0.1) is 0 Å². The second-order valence-corrected chi connectivity index (χ2v) is 13.5. The van der Waals surface area contributed by atoms with Gasteiger partial charge in [0.1, 0.15) is 28.8 Å². The van der Waals surface area contributed by atoms with Crippen molar-refractivity contribution < 1.29 is 14.3 Å². The maximum Gasteiger partial charge on any atom is 0.264 e. The Bertz CT molecular complexity index is 1760. The highest BCUT2D eigenvalue weighted by molar-refractivity contribution is 6.41. The molecule has 0 bridgehead atoms. The SMILES string of the molecule is CCNc1ncc2cc(-c3c(Cl)c(OC)cc(OC)c3Cl)c(=O)n(CC3CCCN3C3CN(C(=O)C(C#N)=CC(C)(C)C)C3)c2n1. The van der Waals surface area contributed by atoms with Crippen molar-refractivity contribution in [1.29, 1.82) is 5.26 Å². The largest absolute Gasteiger partial charge is 0.495 e. The molecular weight excluding hydrogens is 629 g/mol. The highest BCUT2D eigenvalue weighted by Crippen LogP contribution is 2.45. The minimum absolute atomic E-state index is 0.0160. The number of rotatable bonds is 9. The van der Waals surface area contributed by atoms with E-state index in [1.807, 2.05) is 27.7 Å². The zero-order valence-electron chi connectivity index (χ0n) is 27.0. The molecule has 244 valence electrons. The minimum atomic E-state index is -0.309. The van der Waals surface area contributed by atoms with E-state index >= 15 is 0 Å². The molecular formula is C33H39Cl2N7O4. The van der Waals surface area contributed by atoms with Crippen LogP contribution in [0, 0.1) is 16.7 Å². The van der Waals surface area contributed by atoms with Gasteiger partial charge >= 0.3 is 0 Å². The Kier molecular flexibility index (Phi) is 9.82. The van der Waals surface area contributed by atoms with Gasteiger partial charge in [-0.05, 0) is 37.8 Å². The lowest BCUT2D eigenvalue weighted by Crippen LogP contribution is -2.62. The summed E-state index contributed by atoms with van der Waals surface area (Å²) in [6.45, 7) is 10.7. The number of aromatic nitrogens is 3. The molecule has 0 saturated carbocycles. The van der Waals surface area contributed by atoms with Crippen molar-refractivity contribution in [3.8, 4) is 28.7 Å². The number of allylic oxidation sites excluding steroid dienone is 1. The van der Waals surface area contributed by atoms with Crippen LogP contribution in [0.4, 0.5) is 5.95 Å². The number of halogens is 2. The normalized spacial score (nSPS) is 17.6. The van der Waals surface area contributed by atoms with Crippen LogP contribution in [-0.4, -0.2) is 82.7 Å². The smallest absolute Gasteiger partial charge is 0.264 e. The molecule has 2 fully saturated rings. The van der Waals surface area contributed by atoms with Gasteiger partial charge in [0.15, 0.2) is 0 Å². The summed E-state index contributed by atoms with van der Waals surface area (Å²) in [4.78, 5) is 40.8. The number of ether oxygens (including phenoxy) is 2. The predicted octanol–water partition coefficient (Wildman–Crippen LogP) is 5.39. The third-order valence-electron chi connectivity index (χ3n) is 8.37. The third kappa shape index (κ3) is 6.52. The van der Waals surface area contributed by atoms with E-state index in [1.54, 1.807) is 33.9 Å². The van der Waals surface area contributed by atoms with Crippen LogP contribution in [-0.2, 0) is 11.3 Å². The number of anilines is 1. The van der Waals surface area contributed by atoms with Crippen LogP contribution in [0.25, 0.3) is 22.2 Å². The first-order valence-electron chi connectivity index (χ1n) is 15.3. The summed E-state index contributed by atoms with van der Waals surface area (Å²) in [6, 6.07) is 5.50. The highest BCUT2D eigenvalue weighted by Gasteiger charge is 2.41. The van der Waals surface area contributed by atoms with Gasteiger partial charge in [0.05, 0.1) is 29.8 Å². The molecule has 0 radical (unpaired) electrons. The van der Waals surface area contributed by atoms with Crippen LogP contribution in [0.2, 0.25) is 10.0 Å². The minimum Gasteiger partial charge on any atom is -0.495 e. The summed E-state index contributed by atoms with van der Waals surface area (Å²) < 4.78 is 12.6. The second kappa shape index (κ2) is 13.5. The van der Waals surface area contributed by atoms with Crippen molar-refractivity contribution in [3.63, 3.8) is 0 Å². The predicted molar refractivity (Wildman–Crippen MR) is 180 cm³/mol. The first-order chi connectivity index (χ1) is 21.9. The maximum absolute atomic E-state index is 14.4. The fraction of sp³-hybridized carbons (Fsp3) is 0.485. The Morgan fingerprint density at radius 1 is 1.17 bits per heavy atom. The van der Waals surface area contributed by atoms with Crippen molar-refractivity contribution in [3.05, 3.63) is 50.4 Å². The first kappa shape index (κ1) is 33.5. The first-order valence-corrected chi connectivity index (χ1v) is 16.1. The van der Waals surface area contributed by atoms with E-state index in [0.29, 0.717) is 60.2 Å². The van der Waals surface area contributed by atoms with Gasteiger partial charge in [-0.1, -0.05) is 50.0 Å². The molecule has 1 atom stereocenters. The fourth-order valence-electron chi connectivity index (χ4n) is 6.19. The number of nitriles is 1. The second-order valence-electron chi connectivity index (χ2n) is 12.7. The van der Waals surface area contributed by atoms with Gasteiger partial charge in [-0.2, -0.15) is 10.2 Å². The standard InChI is InChI=1S/C33H39Cl2N7O4/c1-7-37-32-38-15-19-11-23(26-27(34)24(45-5)12-25(46-6)28(26)35)31(44)42(29(19)39-32)18-21-9-8-10-41(21)22-16-40(17-22)30(43)20(14-36)13-33(2,3)4/h11-13,15,21-22H,7-10,16-18H2,1-6H3,(H,37,38,39). The number of likely N-dealkylation sites (tertiary alicyclic amines) is 2. The number of amides is 1. The molecule has 1 unspecified atom stereocenters. The number of methoxy groups -OCH3 is 2. The Labute approximate surface area is 278 Å². The molecule has 2 aromatic heterocycles. The van der Waals surface area contributed by atoms with Gasteiger partial charge < -0.3 is 19.7 Å². The summed E-state index contributed by atoms with van der Waals surface area (Å²) in [5, 5.41) is 13.8. The molecule has 2 aliphatic rings. The van der Waals surface area contributed by atoms with E-state index in [1.165, 1.54) is 14.2 Å². The summed E-state index contributed by atoms with van der Waals surface area (Å²) >= 11 is 13.5. The van der Waals surface area contributed by atoms with E-state index < -0.39 is 0 Å². The van der Waals surface area contributed by atoms with Crippen LogP contribution in [0.5, 0.6) is 11.5 Å².